The summed E-state index contributed by atoms with van der Waals surface area (Å²) in [5.74, 6) is -1.61. The Balaban J connectivity index is 2.53. The maximum atomic E-state index is 11.4. The largest absolute Gasteiger partial charge is 0.547 e. The Bertz CT molecular complexity index is 552. The lowest BCUT2D eigenvalue weighted by Crippen LogP contribution is -2.51. The zero-order valence-corrected chi connectivity index (χ0v) is 10.3. The molecule has 1 aromatic rings. The number of carboxylic acids is 1. The van der Waals surface area contributed by atoms with Crippen molar-refractivity contribution in [3.8, 4) is 0 Å². The summed E-state index contributed by atoms with van der Waals surface area (Å²) in [5, 5.41) is 11.2. The number of carbonyl (C=O) groups is 1. The van der Waals surface area contributed by atoms with Crippen molar-refractivity contribution in [1.29, 1.82) is 0 Å². The third-order valence-electron chi connectivity index (χ3n) is 2.86. The summed E-state index contributed by atoms with van der Waals surface area (Å²) in [6.07, 6.45) is -1.33. The highest BCUT2D eigenvalue weighted by Crippen LogP contribution is 2.43. The van der Waals surface area contributed by atoms with Crippen LogP contribution < -0.4 is 5.11 Å². The molecule has 7 heteroatoms. The van der Waals surface area contributed by atoms with Gasteiger partial charge in [-0.15, -0.1) is 0 Å². The molecule has 0 saturated carbocycles. The molecular formula is C11H11O6S-. The number of rotatable bonds is 3. The van der Waals surface area contributed by atoms with Crippen molar-refractivity contribution >= 4 is 16.4 Å². The molecule has 1 fully saturated rings. The van der Waals surface area contributed by atoms with E-state index in [0.717, 1.165) is 0 Å². The van der Waals surface area contributed by atoms with Crippen LogP contribution in [0.4, 0.5) is 0 Å². The average molecular weight is 271 g/mol. The van der Waals surface area contributed by atoms with Crippen molar-refractivity contribution in [2.75, 3.05) is 0 Å². The van der Waals surface area contributed by atoms with Crippen LogP contribution in [0.3, 0.4) is 0 Å². The summed E-state index contributed by atoms with van der Waals surface area (Å²) in [5.41, 5.74) is -1.61. The topological polar surface area (TPSA) is 92.7 Å². The fourth-order valence-corrected chi connectivity index (χ4v) is 3.10. The first-order valence-corrected chi connectivity index (χ1v) is 6.65. The summed E-state index contributed by atoms with van der Waals surface area (Å²) in [7, 11) is -4.33. The van der Waals surface area contributed by atoms with Gasteiger partial charge in [0.05, 0.1) is 5.97 Å². The summed E-state index contributed by atoms with van der Waals surface area (Å²) < 4.78 is 32.0. The van der Waals surface area contributed by atoms with Gasteiger partial charge in [-0.3, -0.25) is 0 Å². The van der Waals surface area contributed by atoms with E-state index in [1.807, 2.05) is 0 Å². The monoisotopic (exact) mass is 271 g/mol. The van der Waals surface area contributed by atoms with E-state index in [1.54, 1.807) is 30.3 Å². The molecule has 2 rings (SSSR count). The van der Waals surface area contributed by atoms with Gasteiger partial charge in [0.1, 0.15) is 6.10 Å². The Morgan fingerprint density at radius 2 is 2.00 bits per heavy atom. The molecule has 98 valence electrons. The molecule has 1 heterocycles. The van der Waals surface area contributed by atoms with E-state index >= 15 is 0 Å². The lowest BCUT2D eigenvalue weighted by molar-refractivity contribution is -0.324. The number of aliphatic carboxylic acids is 1. The molecule has 1 aliphatic rings. The number of benzene rings is 1. The van der Waals surface area contributed by atoms with E-state index in [0.29, 0.717) is 5.56 Å². The van der Waals surface area contributed by atoms with Gasteiger partial charge in [-0.25, -0.2) is 8.37 Å². The maximum absolute atomic E-state index is 11.4. The standard InChI is InChI=1S/C11H12O6S/c1-2-11(10(12)13)9(16-18(14,15)17-11)8-6-4-3-5-7-8/h3-7,9H,2H2,1H3,(H,12,13)/p-1/t9-,11+/m1/s1. The Labute approximate surface area is 104 Å². The van der Waals surface area contributed by atoms with Gasteiger partial charge in [0.25, 0.3) is 0 Å². The third kappa shape index (κ3) is 2.00. The number of carbonyl (C=O) groups excluding carboxylic acids is 1. The van der Waals surface area contributed by atoms with Crippen LogP contribution >= 0.6 is 0 Å². The molecule has 0 aromatic heterocycles. The van der Waals surface area contributed by atoms with Gasteiger partial charge in [0.2, 0.25) is 0 Å². The molecule has 18 heavy (non-hydrogen) atoms. The summed E-state index contributed by atoms with van der Waals surface area (Å²) >= 11 is 0. The van der Waals surface area contributed by atoms with Crippen molar-refractivity contribution < 1.29 is 26.7 Å². The van der Waals surface area contributed by atoms with Gasteiger partial charge in [0.15, 0.2) is 5.60 Å². The first-order valence-electron chi connectivity index (χ1n) is 5.31. The average Bonchev–Trinajstić information content (AvgIpc) is 2.63. The quantitative estimate of drug-likeness (QED) is 0.763. The van der Waals surface area contributed by atoms with Gasteiger partial charge >= 0.3 is 10.4 Å². The van der Waals surface area contributed by atoms with Crippen LogP contribution in [0.1, 0.15) is 25.0 Å². The molecule has 0 amide bonds. The Hall–Kier alpha value is -1.44. The zero-order valence-electron chi connectivity index (χ0n) is 9.53. The van der Waals surface area contributed by atoms with Gasteiger partial charge in [0, 0.05) is 0 Å². The predicted octanol–water partition coefficient (Wildman–Crippen LogP) is -0.0820. The highest BCUT2D eigenvalue weighted by Gasteiger charge is 2.54. The third-order valence-corrected chi connectivity index (χ3v) is 3.79. The van der Waals surface area contributed by atoms with Gasteiger partial charge in [-0.1, -0.05) is 37.3 Å². The second-order valence-corrected chi connectivity index (χ2v) is 5.08. The zero-order chi connectivity index (χ0) is 13.4. The van der Waals surface area contributed by atoms with E-state index in [1.165, 1.54) is 6.92 Å². The van der Waals surface area contributed by atoms with Crippen molar-refractivity contribution in [1.82, 2.24) is 0 Å². The molecule has 6 nitrogen and oxygen atoms in total. The van der Waals surface area contributed by atoms with E-state index in [9.17, 15) is 18.3 Å². The van der Waals surface area contributed by atoms with E-state index in [2.05, 4.69) is 4.18 Å². The summed E-state index contributed by atoms with van der Waals surface area (Å²) in [6, 6.07) is 8.17. The summed E-state index contributed by atoms with van der Waals surface area (Å²) in [6.45, 7) is 1.50. The molecular weight excluding hydrogens is 260 g/mol. The maximum Gasteiger partial charge on any atom is 0.401 e. The minimum atomic E-state index is -4.33. The number of hydrogen-bond acceptors (Lipinski definition) is 6. The molecule has 0 radical (unpaired) electrons. The SMILES string of the molecule is CC[C@]1(C(=O)[O-])OS(=O)(=O)O[C@@H]1c1ccccc1. The van der Waals surface area contributed by atoms with Crippen molar-refractivity contribution in [2.24, 2.45) is 0 Å². The molecule has 1 aliphatic heterocycles. The van der Waals surface area contributed by atoms with Gasteiger partial charge in [-0.05, 0) is 12.0 Å². The normalized spacial score (nSPS) is 30.2. The fraction of sp³-hybridized carbons (Fsp3) is 0.364. The molecule has 2 atom stereocenters. The van der Waals surface area contributed by atoms with Crippen LogP contribution in [0, 0.1) is 0 Å². The highest BCUT2D eigenvalue weighted by atomic mass is 32.3. The molecule has 0 unspecified atom stereocenters. The Morgan fingerprint density at radius 3 is 2.50 bits per heavy atom. The molecule has 0 aliphatic carbocycles. The second kappa shape index (κ2) is 4.34. The lowest BCUT2D eigenvalue weighted by atomic mass is 9.89. The first kappa shape index (κ1) is 13.0. The number of carboxylic acid groups (broad SMARTS) is 1. The predicted molar refractivity (Wildman–Crippen MR) is 58.3 cm³/mol. The van der Waals surface area contributed by atoms with E-state index < -0.39 is 28.1 Å². The Kier molecular flexibility index (Phi) is 3.14. The number of hydrogen-bond donors (Lipinski definition) is 0. The van der Waals surface area contributed by atoms with Crippen LogP contribution in [0.2, 0.25) is 0 Å². The van der Waals surface area contributed by atoms with Gasteiger partial charge < -0.3 is 9.90 Å². The van der Waals surface area contributed by atoms with Crippen molar-refractivity contribution in [3.63, 3.8) is 0 Å². The second-order valence-electron chi connectivity index (χ2n) is 3.91. The fourth-order valence-electron chi connectivity index (χ4n) is 1.92. The minimum absolute atomic E-state index is 0.0892. The smallest absolute Gasteiger partial charge is 0.401 e. The van der Waals surface area contributed by atoms with E-state index in [4.69, 9.17) is 4.18 Å². The minimum Gasteiger partial charge on any atom is -0.547 e. The molecule has 0 N–H and O–H groups in total. The summed E-state index contributed by atoms with van der Waals surface area (Å²) in [4.78, 5) is 11.2. The van der Waals surface area contributed by atoms with Crippen LogP contribution in [-0.4, -0.2) is 20.0 Å². The van der Waals surface area contributed by atoms with Crippen LogP contribution in [0.25, 0.3) is 0 Å². The highest BCUT2D eigenvalue weighted by molar-refractivity contribution is 7.82. The Morgan fingerprint density at radius 1 is 1.39 bits per heavy atom. The first-order chi connectivity index (χ1) is 8.41. The molecule has 0 spiro atoms. The lowest BCUT2D eigenvalue weighted by Gasteiger charge is -2.30. The van der Waals surface area contributed by atoms with Gasteiger partial charge in [-0.2, -0.15) is 8.42 Å². The van der Waals surface area contributed by atoms with E-state index in [-0.39, 0.29) is 6.42 Å². The van der Waals surface area contributed by atoms with Crippen LogP contribution in [-0.2, 0) is 23.6 Å². The molecule has 1 aromatic carbocycles. The van der Waals surface area contributed by atoms with Crippen LogP contribution in [0.5, 0.6) is 0 Å². The van der Waals surface area contributed by atoms with Crippen molar-refractivity contribution in [3.05, 3.63) is 35.9 Å². The molecule has 1 saturated heterocycles. The van der Waals surface area contributed by atoms with Crippen molar-refractivity contribution in [2.45, 2.75) is 25.0 Å². The van der Waals surface area contributed by atoms with Crippen LogP contribution in [0.15, 0.2) is 30.3 Å². The molecule has 0 bridgehead atoms.